The number of carboxylic acid groups (broad SMARTS) is 1. The minimum Gasteiger partial charge on any atom is -0.484 e. The highest BCUT2D eigenvalue weighted by molar-refractivity contribution is 7.93. The van der Waals surface area contributed by atoms with Crippen LogP contribution in [-0.2, 0) is 27.4 Å². The van der Waals surface area contributed by atoms with Gasteiger partial charge < -0.3 is 9.84 Å². The largest absolute Gasteiger partial charge is 0.484 e. The van der Waals surface area contributed by atoms with Crippen molar-refractivity contribution in [2.75, 3.05) is 4.72 Å². The number of aliphatic carboxylic acids is 1. The highest BCUT2D eigenvalue weighted by Gasteiger charge is 2.32. The maximum absolute atomic E-state index is 13.5. The first-order valence-electron chi connectivity index (χ1n) is 11.8. The molecular weight excluding hydrogens is 519 g/mol. The molecular formula is C28H28F3NO5S. The van der Waals surface area contributed by atoms with E-state index in [1.165, 1.54) is 6.08 Å². The van der Waals surface area contributed by atoms with Crippen LogP contribution in [0.15, 0.2) is 78.9 Å². The number of hydrogen-bond acceptors (Lipinski definition) is 4. The van der Waals surface area contributed by atoms with Crippen molar-refractivity contribution in [3.63, 3.8) is 0 Å². The highest BCUT2D eigenvalue weighted by Crippen LogP contribution is 2.38. The van der Waals surface area contributed by atoms with Gasteiger partial charge in [0.05, 0.1) is 16.5 Å². The molecule has 0 saturated carbocycles. The zero-order chi connectivity index (χ0) is 27.9. The number of carbonyl (C=O) groups is 1. The summed E-state index contributed by atoms with van der Waals surface area (Å²) in [6.45, 7) is 3.35. The van der Waals surface area contributed by atoms with E-state index in [2.05, 4.69) is 4.72 Å². The van der Waals surface area contributed by atoms with E-state index in [9.17, 15) is 26.4 Å². The summed E-state index contributed by atoms with van der Waals surface area (Å²) in [6, 6.07) is 18.3. The Balaban J connectivity index is 1.89. The second-order valence-corrected chi connectivity index (χ2v) is 10.6. The zero-order valence-corrected chi connectivity index (χ0v) is 21.6. The normalized spacial score (nSPS) is 13.7. The average Bonchev–Trinajstić information content (AvgIpc) is 2.87. The molecule has 0 aliphatic carbocycles. The molecule has 38 heavy (non-hydrogen) atoms. The van der Waals surface area contributed by atoms with E-state index >= 15 is 0 Å². The predicted octanol–water partition coefficient (Wildman–Crippen LogP) is 6.71. The summed E-state index contributed by atoms with van der Waals surface area (Å²) in [4.78, 5) is 10.7. The second kappa shape index (κ2) is 12.2. The molecule has 6 nitrogen and oxygen atoms in total. The van der Waals surface area contributed by atoms with E-state index in [0.717, 1.165) is 29.8 Å². The minimum atomic E-state index is -4.66. The monoisotopic (exact) mass is 547 g/mol. The number of anilines is 1. The molecule has 0 aromatic heterocycles. The van der Waals surface area contributed by atoms with Gasteiger partial charge in [0, 0.05) is 6.08 Å². The summed E-state index contributed by atoms with van der Waals surface area (Å²) in [5.74, 6) is -1.36. The third kappa shape index (κ3) is 7.85. The van der Waals surface area contributed by atoms with Gasteiger partial charge in [-0.25, -0.2) is 13.2 Å². The lowest BCUT2D eigenvalue weighted by atomic mass is 10.1. The third-order valence-corrected chi connectivity index (χ3v) is 7.77. The first-order chi connectivity index (χ1) is 17.9. The molecule has 0 amide bonds. The van der Waals surface area contributed by atoms with Crippen LogP contribution in [0.1, 0.15) is 48.6 Å². The van der Waals surface area contributed by atoms with Crippen LogP contribution in [0.5, 0.6) is 5.75 Å². The molecule has 0 heterocycles. The SMILES string of the molecule is CCC(Cc1ccccc1)S(=O)(=O)Nc1ccc(C(F)(F)F)cc1OC(C)c1ccc(/C=C/C(=O)O)cc1. The summed E-state index contributed by atoms with van der Waals surface area (Å²) >= 11 is 0. The van der Waals surface area contributed by atoms with E-state index in [0.29, 0.717) is 17.5 Å². The van der Waals surface area contributed by atoms with E-state index in [4.69, 9.17) is 9.84 Å². The van der Waals surface area contributed by atoms with Crippen molar-refractivity contribution in [3.05, 3.63) is 101 Å². The number of halogens is 3. The van der Waals surface area contributed by atoms with Crippen molar-refractivity contribution >= 4 is 27.8 Å². The lowest BCUT2D eigenvalue weighted by Crippen LogP contribution is -2.29. The van der Waals surface area contributed by atoms with Crippen LogP contribution in [0.3, 0.4) is 0 Å². The van der Waals surface area contributed by atoms with Gasteiger partial charge >= 0.3 is 12.1 Å². The molecule has 202 valence electrons. The predicted molar refractivity (Wildman–Crippen MR) is 140 cm³/mol. The fourth-order valence-corrected chi connectivity index (χ4v) is 5.26. The Labute approximate surface area is 219 Å². The zero-order valence-electron chi connectivity index (χ0n) is 20.8. The van der Waals surface area contributed by atoms with Gasteiger partial charge in [0.1, 0.15) is 11.9 Å². The van der Waals surface area contributed by atoms with Gasteiger partial charge in [0.2, 0.25) is 10.0 Å². The number of carboxylic acids is 1. The van der Waals surface area contributed by atoms with Crippen molar-refractivity contribution in [3.8, 4) is 5.75 Å². The molecule has 10 heteroatoms. The molecule has 0 bridgehead atoms. The summed E-state index contributed by atoms with van der Waals surface area (Å²) < 4.78 is 75.1. The molecule has 0 saturated heterocycles. The number of nitrogens with one attached hydrogen (secondary N) is 1. The second-order valence-electron chi connectivity index (χ2n) is 8.67. The first kappa shape index (κ1) is 28.8. The maximum atomic E-state index is 13.5. The summed E-state index contributed by atoms with van der Waals surface area (Å²) in [7, 11) is -3.98. The standard InChI is InChI=1S/C28H28F3NO5S/c1-3-24(17-21-7-5-4-6-8-21)38(35,36)32-25-15-14-23(28(29,30)31)18-26(25)37-19(2)22-12-9-20(10-13-22)11-16-27(33)34/h4-16,18-19,24,32H,3,17H2,1-2H3,(H,33,34)/b16-11+. The molecule has 3 rings (SSSR count). The fourth-order valence-electron chi connectivity index (χ4n) is 3.77. The Morgan fingerprint density at radius 2 is 1.71 bits per heavy atom. The molecule has 0 aliphatic heterocycles. The number of hydrogen-bond donors (Lipinski definition) is 2. The Hall–Kier alpha value is -3.79. The number of ether oxygens (including phenoxy) is 1. The van der Waals surface area contributed by atoms with E-state index in [1.54, 1.807) is 50.2 Å². The quantitative estimate of drug-likeness (QED) is 0.261. The van der Waals surface area contributed by atoms with Gasteiger partial charge in [-0.1, -0.05) is 61.5 Å². The van der Waals surface area contributed by atoms with Crippen LogP contribution in [-0.4, -0.2) is 24.7 Å². The van der Waals surface area contributed by atoms with Gasteiger partial charge in [-0.3, -0.25) is 4.72 Å². The molecule has 0 spiro atoms. The van der Waals surface area contributed by atoms with Crippen LogP contribution in [0, 0.1) is 0 Å². The van der Waals surface area contributed by atoms with Crippen molar-refractivity contribution in [2.24, 2.45) is 0 Å². The maximum Gasteiger partial charge on any atom is 0.416 e. The first-order valence-corrected chi connectivity index (χ1v) is 13.4. The van der Waals surface area contributed by atoms with Crippen LogP contribution >= 0.6 is 0 Å². The van der Waals surface area contributed by atoms with Gasteiger partial charge in [-0.2, -0.15) is 13.2 Å². The Morgan fingerprint density at radius 3 is 2.29 bits per heavy atom. The average molecular weight is 548 g/mol. The lowest BCUT2D eigenvalue weighted by Gasteiger charge is -2.22. The van der Waals surface area contributed by atoms with E-state index in [1.807, 2.05) is 18.2 Å². The van der Waals surface area contributed by atoms with Crippen LogP contribution in [0.25, 0.3) is 6.08 Å². The minimum absolute atomic E-state index is 0.0997. The van der Waals surface area contributed by atoms with Crippen molar-refractivity contribution in [1.29, 1.82) is 0 Å². The van der Waals surface area contributed by atoms with Crippen LogP contribution in [0.4, 0.5) is 18.9 Å². The molecule has 3 aromatic carbocycles. The number of alkyl halides is 3. The van der Waals surface area contributed by atoms with Crippen molar-refractivity contribution in [2.45, 2.75) is 44.2 Å². The lowest BCUT2D eigenvalue weighted by molar-refractivity contribution is -0.137. The number of benzene rings is 3. The van der Waals surface area contributed by atoms with Gasteiger partial charge in [-0.05, 0) is 60.7 Å². The van der Waals surface area contributed by atoms with E-state index < -0.39 is 39.1 Å². The third-order valence-electron chi connectivity index (χ3n) is 5.89. The molecule has 0 radical (unpaired) electrons. The Kier molecular flexibility index (Phi) is 9.22. The van der Waals surface area contributed by atoms with Crippen molar-refractivity contribution in [1.82, 2.24) is 0 Å². The van der Waals surface area contributed by atoms with Gasteiger partial charge in [0.15, 0.2) is 0 Å². The molecule has 0 fully saturated rings. The van der Waals surface area contributed by atoms with Crippen LogP contribution in [0.2, 0.25) is 0 Å². The molecule has 3 aromatic rings. The fraction of sp³-hybridized carbons (Fsp3) is 0.250. The van der Waals surface area contributed by atoms with E-state index in [-0.39, 0.29) is 17.9 Å². The van der Waals surface area contributed by atoms with Crippen LogP contribution < -0.4 is 9.46 Å². The summed E-state index contributed by atoms with van der Waals surface area (Å²) in [6.07, 6.45) is -2.49. The smallest absolute Gasteiger partial charge is 0.416 e. The van der Waals surface area contributed by atoms with Gasteiger partial charge in [0.25, 0.3) is 0 Å². The number of sulfonamides is 1. The Morgan fingerprint density at radius 1 is 1.05 bits per heavy atom. The molecule has 0 aliphatic rings. The Bertz CT molecular complexity index is 1370. The van der Waals surface area contributed by atoms with Crippen molar-refractivity contribution < 1.29 is 36.2 Å². The number of rotatable bonds is 11. The molecule has 2 atom stereocenters. The molecule has 2 N–H and O–H groups in total. The topological polar surface area (TPSA) is 92.7 Å². The highest BCUT2D eigenvalue weighted by atomic mass is 32.2. The summed E-state index contributed by atoms with van der Waals surface area (Å²) in [5, 5.41) is 7.94. The molecule has 2 unspecified atom stereocenters. The summed E-state index contributed by atoms with van der Waals surface area (Å²) in [5.41, 5.74) is 0.952. The van der Waals surface area contributed by atoms with Gasteiger partial charge in [-0.15, -0.1) is 0 Å².